The van der Waals surface area contributed by atoms with Gasteiger partial charge in [-0.2, -0.15) is 0 Å². The highest BCUT2D eigenvalue weighted by atomic mass is 16.5. The SMILES string of the molecule is CCCOCC(=O)N1CC[C@H](N)C1. The quantitative estimate of drug-likeness (QED) is 0.627. The fourth-order valence-electron chi connectivity index (χ4n) is 1.41. The molecule has 1 aliphatic rings. The van der Waals surface area contributed by atoms with Gasteiger partial charge in [-0.15, -0.1) is 0 Å². The lowest BCUT2D eigenvalue weighted by Gasteiger charge is -2.15. The van der Waals surface area contributed by atoms with Crippen LogP contribution in [0.3, 0.4) is 0 Å². The molecule has 0 aliphatic carbocycles. The minimum absolute atomic E-state index is 0.0707. The van der Waals surface area contributed by atoms with Crippen LogP contribution in [0.2, 0.25) is 0 Å². The van der Waals surface area contributed by atoms with Gasteiger partial charge in [0.05, 0.1) is 0 Å². The van der Waals surface area contributed by atoms with Crippen molar-refractivity contribution in [3.63, 3.8) is 0 Å². The van der Waals surface area contributed by atoms with Gasteiger partial charge >= 0.3 is 0 Å². The fraction of sp³-hybridized carbons (Fsp3) is 0.889. The van der Waals surface area contributed by atoms with E-state index in [9.17, 15) is 4.79 Å². The zero-order valence-corrected chi connectivity index (χ0v) is 8.16. The van der Waals surface area contributed by atoms with Gasteiger partial charge in [-0.05, 0) is 12.8 Å². The van der Waals surface area contributed by atoms with Crippen LogP contribution in [0.4, 0.5) is 0 Å². The predicted octanol–water partition coefficient (Wildman–Crippen LogP) is -0.0274. The van der Waals surface area contributed by atoms with E-state index < -0.39 is 0 Å². The molecule has 0 saturated carbocycles. The Morgan fingerprint density at radius 3 is 3.00 bits per heavy atom. The normalized spacial score (nSPS) is 22.3. The van der Waals surface area contributed by atoms with Crippen LogP contribution < -0.4 is 5.73 Å². The number of likely N-dealkylation sites (tertiary alicyclic amines) is 1. The summed E-state index contributed by atoms with van der Waals surface area (Å²) in [5.41, 5.74) is 5.68. The van der Waals surface area contributed by atoms with Crippen LogP contribution in [0.25, 0.3) is 0 Å². The number of hydrogen-bond acceptors (Lipinski definition) is 3. The predicted molar refractivity (Wildman–Crippen MR) is 50.3 cm³/mol. The Morgan fingerprint density at radius 1 is 1.69 bits per heavy atom. The lowest BCUT2D eigenvalue weighted by molar-refractivity contribution is -0.135. The molecular formula is C9H18N2O2. The van der Waals surface area contributed by atoms with Gasteiger partial charge in [0.25, 0.3) is 0 Å². The number of nitrogens with two attached hydrogens (primary N) is 1. The highest BCUT2D eigenvalue weighted by molar-refractivity contribution is 5.77. The third-order valence-corrected chi connectivity index (χ3v) is 2.15. The number of nitrogens with zero attached hydrogens (tertiary/aromatic N) is 1. The Bertz CT molecular complexity index is 173. The first-order valence-electron chi connectivity index (χ1n) is 4.85. The van der Waals surface area contributed by atoms with Gasteiger partial charge in [-0.3, -0.25) is 4.79 Å². The van der Waals surface area contributed by atoms with Crippen LogP contribution in [0.5, 0.6) is 0 Å². The average molecular weight is 186 g/mol. The van der Waals surface area contributed by atoms with Gasteiger partial charge in [0.1, 0.15) is 6.61 Å². The molecule has 0 spiro atoms. The van der Waals surface area contributed by atoms with Gasteiger partial charge in [0.15, 0.2) is 0 Å². The van der Waals surface area contributed by atoms with Crippen molar-refractivity contribution >= 4 is 5.91 Å². The first-order chi connectivity index (χ1) is 6.24. The summed E-state index contributed by atoms with van der Waals surface area (Å²) < 4.78 is 5.16. The molecule has 1 atom stereocenters. The summed E-state index contributed by atoms with van der Waals surface area (Å²) in [5.74, 6) is 0.0707. The molecule has 0 aromatic rings. The number of carbonyl (C=O) groups excluding carboxylic acids is 1. The Hall–Kier alpha value is -0.610. The summed E-state index contributed by atoms with van der Waals surface area (Å²) in [4.78, 5) is 13.2. The van der Waals surface area contributed by atoms with E-state index in [-0.39, 0.29) is 18.6 Å². The van der Waals surface area contributed by atoms with E-state index in [0.29, 0.717) is 13.2 Å². The van der Waals surface area contributed by atoms with Crippen LogP contribution in [0.15, 0.2) is 0 Å². The summed E-state index contributed by atoms with van der Waals surface area (Å²) in [6.45, 7) is 4.37. The van der Waals surface area contributed by atoms with Gasteiger partial charge in [0, 0.05) is 25.7 Å². The smallest absolute Gasteiger partial charge is 0.248 e. The molecule has 0 aromatic carbocycles. The maximum Gasteiger partial charge on any atom is 0.248 e. The molecule has 1 saturated heterocycles. The summed E-state index contributed by atoms with van der Waals surface area (Å²) in [6, 6.07) is 0.162. The molecule has 0 unspecified atom stereocenters. The Balaban J connectivity index is 2.16. The number of amides is 1. The number of rotatable bonds is 4. The van der Waals surface area contributed by atoms with Crippen LogP contribution >= 0.6 is 0 Å². The molecule has 4 nitrogen and oxygen atoms in total. The van der Waals surface area contributed by atoms with Crippen molar-refractivity contribution < 1.29 is 9.53 Å². The molecule has 1 heterocycles. The summed E-state index contributed by atoms with van der Waals surface area (Å²) in [6.07, 6.45) is 1.87. The average Bonchev–Trinajstić information content (AvgIpc) is 2.52. The zero-order valence-electron chi connectivity index (χ0n) is 8.16. The van der Waals surface area contributed by atoms with Crippen molar-refractivity contribution in [2.24, 2.45) is 5.73 Å². The van der Waals surface area contributed by atoms with E-state index in [4.69, 9.17) is 10.5 Å². The second kappa shape index (κ2) is 5.19. The van der Waals surface area contributed by atoms with E-state index in [1.54, 1.807) is 4.90 Å². The monoisotopic (exact) mass is 186 g/mol. The lowest BCUT2D eigenvalue weighted by atomic mass is 10.3. The summed E-state index contributed by atoms with van der Waals surface area (Å²) in [7, 11) is 0. The van der Waals surface area contributed by atoms with Gasteiger partial charge < -0.3 is 15.4 Å². The topological polar surface area (TPSA) is 55.6 Å². The molecule has 1 aliphatic heterocycles. The minimum Gasteiger partial charge on any atom is -0.372 e. The standard InChI is InChI=1S/C9H18N2O2/c1-2-5-13-7-9(12)11-4-3-8(10)6-11/h8H,2-7,10H2,1H3/t8-/m0/s1. The molecular weight excluding hydrogens is 168 g/mol. The van der Waals surface area contributed by atoms with Gasteiger partial charge in [-0.25, -0.2) is 0 Å². The molecule has 4 heteroatoms. The molecule has 76 valence electrons. The van der Waals surface area contributed by atoms with Crippen LogP contribution in [-0.4, -0.2) is 43.2 Å². The molecule has 1 rings (SSSR count). The van der Waals surface area contributed by atoms with Crippen molar-refractivity contribution in [1.82, 2.24) is 4.90 Å². The maximum atomic E-state index is 11.4. The van der Waals surface area contributed by atoms with Crippen molar-refractivity contribution in [2.45, 2.75) is 25.8 Å². The van der Waals surface area contributed by atoms with E-state index in [1.165, 1.54) is 0 Å². The second-order valence-electron chi connectivity index (χ2n) is 3.44. The number of hydrogen-bond donors (Lipinski definition) is 1. The van der Waals surface area contributed by atoms with E-state index in [1.807, 2.05) is 6.92 Å². The van der Waals surface area contributed by atoms with Crippen LogP contribution in [0, 0.1) is 0 Å². The number of ether oxygens (including phenoxy) is 1. The lowest BCUT2D eigenvalue weighted by Crippen LogP contribution is -2.34. The summed E-state index contributed by atoms with van der Waals surface area (Å²) in [5, 5.41) is 0. The fourth-order valence-corrected chi connectivity index (χ4v) is 1.41. The molecule has 13 heavy (non-hydrogen) atoms. The zero-order chi connectivity index (χ0) is 9.68. The largest absolute Gasteiger partial charge is 0.372 e. The highest BCUT2D eigenvalue weighted by Gasteiger charge is 2.22. The molecule has 0 bridgehead atoms. The first kappa shape index (κ1) is 10.5. The van der Waals surface area contributed by atoms with Crippen LogP contribution in [0.1, 0.15) is 19.8 Å². The number of carbonyl (C=O) groups is 1. The molecule has 0 radical (unpaired) electrons. The minimum atomic E-state index is 0.0707. The Kier molecular flexibility index (Phi) is 4.18. The summed E-state index contributed by atoms with van der Waals surface area (Å²) >= 11 is 0. The molecule has 2 N–H and O–H groups in total. The van der Waals surface area contributed by atoms with Crippen molar-refractivity contribution in [1.29, 1.82) is 0 Å². The van der Waals surface area contributed by atoms with E-state index in [0.717, 1.165) is 19.4 Å². The molecule has 1 amide bonds. The maximum absolute atomic E-state index is 11.4. The van der Waals surface area contributed by atoms with Crippen LogP contribution in [-0.2, 0) is 9.53 Å². The molecule has 1 fully saturated rings. The molecule has 0 aromatic heterocycles. The van der Waals surface area contributed by atoms with Crippen molar-refractivity contribution in [2.75, 3.05) is 26.3 Å². The van der Waals surface area contributed by atoms with Crippen molar-refractivity contribution in [3.8, 4) is 0 Å². The third-order valence-electron chi connectivity index (χ3n) is 2.15. The Morgan fingerprint density at radius 2 is 2.46 bits per heavy atom. The van der Waals surface area contributed by atoms with Crippen molar-refractivity contribution in [3.05, 3.63) is 0 Å². The second-order valence-corrected chi connectivity index (χ2v) is 3.44. The van der Waals surface area contributed by atoms with E-state index in [2.05, 4.69) is 0 Å². The third kappa shape index (κ3) is 3.32. The van der Waals surface area contributed by atoms with E-state index >= 15 is 0 Å². The Labute approximate surface area is 79.0 Å². The highest BCUT2D eigenvalue weighted by Crippen LogP contribution is 2.06. The van der Waals surface area contributed by atoms with Gasteiger partial charge in [-0.1, -0.05) is 6.92 Å². The first-order valence-corrected chi connectivity index (χ1v) is 4.85. The van der Waals surface area contributed by atoms with Gasteiger partial charge in [0.2, 0.25) is 5.91 Å².